The van der Waals surface area contributed by atoms with Gasteiger partial charge in [-0.1, -0.05) is 12.8 Å². The molecule has 0 radical (unpaired) electrons. The molecule has 1 fully saturated rings. The van der Waals surface area contributed by atoms with E-state index in [4.69, 9.17) is 0 Å². The molecule has 2 aliphatic heterocycles. The van der Waals surface area contributed by atoms with Gasteiger partial charge in [-0.3, -0.25) is 9.69 Å². The Morgan fingerprint density at radius 3 is 2.40 bits per heavy atom. The lowest BCUT2D eigenvalue weighted by Crippen LogP contribution is -2.41. The predicted octanol–water partition coefficient (Wildman–Crippen LogP) is 3.07. The smallest absolute Gasteiger partial charge is 0.243 e. The van der Waals surface area contributed by atoms with Gasteiger partial charge in [-0.2, -0.15) is 4.31 Å². The van der Waals surface area contributed by atoms with E-state index in [9.17, 15) is 13.2 Å². The van der Waals surface area contributed by atoms with Crippen molar-refractivity contribution in [2.75, 3.05) is 31.5 Å². The highest BCUT2D eigenvalue weighted by Crippen LogP contribution is 2.25. The fraction of sp³-hybridized carbons (Fsp3) is 0.500. The van der Waals surface area contributed by atoms with Crippen LogP contribution in [0, 0.1) is 0 Å². The van der Waals surface area contributed by atoms with Crippen molar-refractivity contribution >= 4 is 21.6 Å². The maximum absolute atomic E-state index is 12.9. The molecule has 1 N–H and O–H groups in total. The van der Waals surface area contributed by atoms with Gasteiger partial charge in [-0.15, -0.1) is 0 Å². The van der Waals surface area contributed by atoms with Gasteiger partial charge in [0.1, 0.15) is 0 Å². The molecule has 7 nitrogen and oxygen atoms in total. The van der Waals surface area contributed by atoms with Crippen LogP contribution in [0.1, 0.15) is 44.3 Å². The van der Waals surface area contributed by atoms with Crippen LogP contribution in [0.25, 0.3) is 0 Å². The third-order valence-electron chi connectivity index (χ3n) is 6.16. The molecule has 0 bridgehead atoms. The number of carbonyl (C=O) groups is 1. The fourth-order valence-electron chi connectivity index (χ4n) is 4.37. The maximum Gasteiger partial charge on any atom is 0.243 e. The topological polar surface area (TPSA) is 74.6 Å². The molecule has 1 atom stereocenters. The highest BCUT2D eigenvalue weighted by atomic mass is 32.2. The summed E-state index contributed by atoms with van der Waals surface area (Å²) in [5.74, 6) is -0.0926. The largest absolute Gasteiger partial charge is 0.349 e. The summed E-state index contributed by atoms with van der Waals surface area (Å²) < 4.78 is 29.6. The quantitative estimate of drug-likeness (QED) is 0.791. The van der Waals surface area contributed by atoms with Gasteiger partial charge < -0.3 is 9.88 Å². The Morgan fingerprint density at radius 2 is 1.70 bits per heavy atom. The van der Waals surface area contributed by atoms with Crippen molar-refractivity contribution in [3.05, 3.63) is 48.3 Å². The highest BCUT2D eigenvalue weighted by Gasteiger charge is 2.26. The molecule has 2 aliphatic rings. The van der Waals surface area contributed by atoms with Crippen molar-refractivity contribution in [3.8, 4) is 0 Å². The molecule has 0 saturated carbocycles. The van der Waals surface area contributed by atoms with Gasteiger partial charge in [-0.05, 0) is 56.2 Å². The number of nitrogens with zero attached hydrogens (tertiary/aromatic N) is 3. The average Bonchev–Trinajstić information content (AvgIpc) is 3.04. The standard InChI is InChI=1S/C22H30N4O3S/c1-18-21-7-6-12-24(21)15-16-25(18)17-22(27)23-19-8-10-20(11-9-19)30(28,29)26-13-4-2-3-5-14-26/h6-12,18H,2-5,13-17H2,1H3,(H,23,27)/t18-/m1/s1. The van der Waals surface area contributed by atoms with E-state index in [1.165, 1.54) is 5.69 Å². The second kappa shape index (κ2) is 8.91. The van der Waals surface area contributed by atoms with Crippen LogP contribution in [-0.4, -0.2) is 54.3 Å². The summed E-state index contributed by atoms with van der Waals surface area (Å²) in [5, 5.41) is 2.90. The minimum absolute atomic E-state index is 0.0926. The van der Waals surface area contributed by atoms with Crippen molar-refractivity contribution in [1.82, 2.24) is 13.8 Å². The molecule has 1 aromatic carbocycles. The third kappa shape index (κ3) is 4.45. The Bertz CT molecular complexity index is 976. The molecule has 1 aromatic heterocycles. The minimum Gasteiger partial charge on any atom is -0.349 e. The number of benzene rings is 1. The molecule has 162 valence electrons. The minimum atomic E-state index is -3.47. The number of aromatic nitrogens is 1. The number of amides is 1. The van der Waals surface area contributed by atoms with Crippen molar-refractivity contribution in [1.29, 1.82) is 0 Å². The first kappa shape index (κ1) is 21.1. The van der Waals surface area contributed by atoms with E-state index < -0.39 is 10.0 Å². The number of hydrogen-bond acceptors (Lipinski definition) is 4. The Labute approximate surface area is 178 Å². The van der Waals surface area contributed by atoms with Gasteiger partial charge in [0.2, 0.25) is 15.9 Å². The summed E-state index contributed by atoms with van der Waals surface area (Å²) in [6.07, 6.45) is 6.06. The van der Waals surface area contributed by atoms with E-state index in [0.717, 1.165) is 38.8 Å². The van der Waals surface area contributed by atoms with Gasteiger partial charge in [-0.25, -0.2) is 8.42 Å². The lowest BCUT2D eigenvalue weighted by Gasteiger charge is -2.34. The summed E-state index contributed by atoms with van der Waals surface area (Å²) in [6.45, 7) is 5.28. The van der Waals surface area contributed by atoms with E-state index in [1.807, 2.05) is 6.07 Å². The van der Waals surface area contributed by atoms with Crippen molar-refractivity contribution in [2.45, 2.75) is 50.1 Å². The van der Waals surface area contributed by atoms with Gasteiger partial charge >= 0.3 is 0 Å². The average molecular weight is 431 g/mol. The first-order valence-corrected chi connectivity index (χ1v) is 12.2. The Balaban J connectivity index is 1.37. The van der Waals surface area contributed by atoms with Crippen LogP contribution in [0.5, 0.6) is 0 Å². The molecule has 8 heteroatoms. The molecular formula is C22H30N4O3S. The molecular weight excluding hydrogens is 400 g/mol. The first-order valence-electron chi connectivity index (χ1n) is 10.7. The van der Waals surface area contributed by atoms with E-state index in [-0.39, 0.29) is 16.8 Å². The Hall–Kier alpha value is -2.16. The van der Waals surface area contributed by atoms with Crippen LogP contribution in [0.15, 0.2) is 47.5 Å². The number of carbonyl (C=O) groups excluding carboxylic acids is 1. The van der Waals surface area contributed by atoms with E-state index in [2.05, 4.69) is 34.0 Å². The monoisotopic (exact) mass is 430 g/mol. The molecule has 0 unspecified atom stereocenters. The number of fused-ring (bicyclic) bond motifs is 1. The number of anilines is 1. The van der Waals surface area contributed by atoms with Crippen LogP contribution in [0.2, 0.25) is 0 Å². The highest BCUT2D eigenvalue weighted by molar-refractivity contribution is 7.89. The lowest BCUT2D eigenvalue weighted by atomic mass is 10.1. The van der Waals surface area contributed by atoms with Gasteiger partial charge in [0.05, 0.1) is 11.4 Å². The summed E-state index contributed by atoms with van der Waals surface area (Å²) in [5.41, 5.74) is 1.83. The SMILES string of the molecule is C[C@@H]1c2cccn2CCN1CC(=O)Nc1ccc(S(=O)(=O)N2CCCCCC2)cc1. The van der Waals surface area contributed by atoms with Crippen LogP contribution < -0.4 is 5.32 Å². The van der Waals surface area contributed by atoms with Crippen LogP contribution in [-0.2, 0) is 21.4 Å². The second-order valence-corrected chi connectivity index (χ2v) is 10.1. The zero-order valence-electron chi connectivity index (χ0n) is 17.5. The molecule has 3 heterocycles. The van der Waals surface area contributed by atoms with Crippen molar-refractivity contribution in [3.63, 3.8) is 0 Å². The zero-order chi connectivity index (χ0) is 21.1. The molecule has 4 rings (SSSR count). The van der Waals surface area contributed by atoms with Gasteiger partial charge in [0.15, 0.2) is 0 Å². The predicted molar refractivity (Wildman–Crippen MR) is 117 cm³/mol. The summed E-state index contributed by atoms with van der Waals surface area (Å²) in [6, 6.07) is 10.8. The Kier molecular flexibility index (Phi) is 6.26. The summed E-state index contributed by atoms with van der Waals surface area (Å²) in [7, 11) is -3.47. The molecule has 1 amide bonds. The zero-order valence-corrected chi connectivity index (χ0v) is 18.3. The third-order valence-corrected chi connectivity index (χ3v) is 8.07. The summed E-state index contributed by atoms with van der Waals surface area (Å²) >= 11 is 0. The Morgan fingerprint density at radius 1 is 1.00 bits per heavy atom. The van der Waals surface area contributed by atoms with Crippen LogP contribution in [0.3, 0.4) is 0 Å². The number of sulfonamides is 1. The fourth-order valence-corrected chi connectivity index (χ4v) is 5.89. The van der Waals surface area contributed by atoms with Crippen LogP contribution in [0.4, 0.5) is 5.69 Å². The van der Waals surface area contributed by atoms with E-state index >= 15 is 0 Å². The van der Waals surface area contributed by atoms with E-state index in [1.54, 1.807) is 28.6 Å². The van der Waals surface area contributed by atoms with Crippen molar-refractivity contribution in [2.24, 2.45) is 0 Å². The van der Waals surface area contributed by atoms with Gasteiger partial charge in [0, 0.05) is 49.8 Å². The van der Waals surface area contributed by atoms with Gasteiger partial charge in [0.25, 0.3) is 0 Å². The molecule has 0 aliphatic carbocycles. The van der Waals surface area contributed by atoms with E-state index in [0.29, 0.717) is 25.3 Å². The van der Waals surface area contributed by atoms with Crippen molar-refractivity contribution < 1.29 is 13.2 Å². The molecule has 0 spiro atoms. The maximum atomic E-state index is 12.9. The number of hydrogen-bond donors (Lipinski definition) is 1. The molecule has 1 saturated heterocycles. The first-order chi connectivity index (χ1) is 14.4. The summed E-state index contributed by atoms with van der Waals surface area (Å²) in [4.78, 5) is 15.0. The second-order valence-electron chi connectivity index (χ2n) is 8.16. The molecule has 30 heavy (non-hydrogen) atoms. The van der Waals surface area contributed by atoms with Crippen LogP contribution >= 0.6 is 0 Å². The normalized spacial score (nSPS) is 21.0. The molecule has 2 aromatic rings. The number of rotatable bonds is 5. The lowest BCUT2D eigenvalue weighted by molar-refractivity contribution is -0.118. The number of nitrogens with one attached hydrogen (secondary N) is 1.